The summed E-state index contributed by atoms with van der Waals surface area (Å²) in [7, 11) is -3.94. The van der Waals surface area contributed by atoms with E-state index in [9.17, 15) is 23.1 Å². The molecule has 2 amide bonds. The van der Waals surface area contributed by atoms with Gasteiger partial charge in [-0.15, -0.1) is 11.3 Å². The molecule has 0 bridgehead atoms. The smallest absolute Gasteiger partial charge is 0.257 e. The van der Waals surface area contributed by atoms with Gasteiger partial charge >= 0.3 is 0 Å². The third-order valence-electron chi connectivity index (χ3n) is 5.60. The Labute approximate surface area is 205 Å². The summed E-state index contributed by atoms with van der Waals surface area (Å²) in [6.45, 7) is 0.114. The predicted molar refractivity (Wildman–Crippen MR) is 131 cm³/mol. The molecule has 0 atom stereocenters. The maximum atomic E-state index is 13.1. The van der Waals surface area contributed by atoms with E-state index in [4.69, 9.17) is 0 Å². The first-order chi connectivity index (χ1) is 16.9. The Hall–Kier alpha value is -3.86. The number of benzene rings is 3. The molecule has 0 unspecified atom stereocenters. The van der Waals surface area contributed by atoms with Gasteiger partial charge in [-0.3, -0.25) is 9.59 Å². The SMILES string of the molecule is O=C(NCc1cnc(-c2ccccc2CO)s1)c1ccc2c(c1)NC(=O)c1ccccc1S2(=O)=O. The summed E-state index contributed by atoms with van der Waals surface area (Å²) in [6, 6.07) is 17.5. The molecule has 5 rings (SSSR count). The average Bonchev–Trinajstić information content (AvgIpc) is 3.33. The lowest BCUT2D eigenvalue weighted by atomic mass is 10.1. The van der Waals surface area contributed by atoms with Gasteiger partial charge in [-0.2, -0.15) is 0 Å². The molecule has 3 N–H and O–H groups in total. The number of nitrogens with zero attached hydrogens (tertiary/aromatic N) is 1. The predicted octanol–water partition coefficient (Wildman–Crippen LogP) is 3.63. The van der Waals surface area contributed by atoms with E-state index in [1.807, 2.05) is 24.3 Å². The average molecular weight is 506 g/mol. The first-order valence-corrected chi connectivity index (χ1v) is 12.9. The van der Waals surface area contributed by atoms with Crippen LogP contribution in [0.5, 0.6) is 0 Å². The molecule has 0 saturated carbocycles. The molecule has 176 valence electrons. The highest BCUT2D eigenvalue weighted by atomic mass is 32.2. The van der Waals surface area contributed by atoms with Crippen molar-refractivity contribution in [1.29, 1.82) is 0 Å². The van der Waals surface area contributed by atoms with Crippen molar-refractivity contribution in [2.45, 2.75) is 22.9 Å². The topological polar surface area (TPSA) is 125 Å². The van der Waals surface area contributed by atoms with Crippen LogP contribution >= 0.6 is 11.3 Å². The molecule has 0 saturated heterocycles. The number of aromatic nitrogens is 1. The second kappa shape index (κ2) is 9.06. The molecule has 1 aliphatic heterocycles. The molecule has 35 heavy (non-hydrogen) atoms. The fraction of sp³-hybridized carbons (Fsp3) is 0.0800. The number of aliphatic hydroxyl groups is 1. The van der Waals surface area contributed by atoms with Crippen LogP contribution in [-0.2, 0) is 23.0 Å². The number of aliphatic hydroxyl groups excluding tert-OH is 1. The summed E-state index contributed by atoms with van der Waals surface area (Å²) in [5.74, 6) is -0.979. The van der Waals surface area contributed by atoms with Crippen LogP contribution in [0.1, 0.15) is 31.2 Å². The van der Waals surface area contributed by atoms with Gasteiger partial charge in [-0.25, -0.2) is 13.4 Å². The first kappa shape index (κ1) is 22.9. The van der Waals surface area contributed by atoms with Crippen LogP contribution in [0, 0.1) is 0 Å². The lowest BCUT2D eigenvalue weighted by Crippen LogP contribution is -2.22. The largest absolute Gasteiger partial charge is 0.392 e. The van der Waals surface area contributed by atoms with Crippen LogP contribution in [0.2, 0.25) is 0 Å². The standard InChI is InChI=1S/C25H19N3O5S2/c29-14-16-5-1-2-6-18(16)25-27-13-17(34-25)12-26-23(30)15-9-10-22-20(11-15)28-24(31)19-7-3-4-8-21(19)35(22,32)33/h1-11,13,29H,12,14H2,(H,26,30)(H,28,31). The Kier molecular flexibility index (Phi) is 5.93. The number of carbonyl (C=O) groups is 2. The first-order valence-electron chi connectivity index (χ1n) is 10.6. The van der Waals surface area contributed by atoms with E-state index in [1.165, 1.54) is 41.7 Å². The number of anilines is 1. The molecule has 0 aliphatic carbocycles. The van der Waals surface area contributed by atoms with Crippen molar-refractivity contribution >= 4 is 38.7 Å². The lowest BCUT2D eigenvalue weighted by Gasteiger charge is -2.10. The van der Waals surface area contributed by atoms with E-state index in [1.54, 1.807) is 18.3 Å². The number of amides is 2. The second-order valence-electron chi connectivity index (χ2n) is 7.79. The van der Waals surface area contributed by atoms with Crippen LogP contribution in [0.3, 0.4) is 0 Å². The van der Waals surface area contributed by atoms with Gasteiger partial charge in [0.25, 0.3) is 11.8 Å². The van der Waals surface area contributed by atoms with Crippen molar-refractivity contribution in [3.8, 4) is 10.6 Å². The number of hydrogen-bond donors (Lipinski definition) is 3. The Morgan fingerprint density at radius 2 is 1.74 bits per heavy atom. The van der Waals surface area contributed by atoms with Crippen molar-refractivity contribution in [3.05, 3.63) is 94.5 Å². The van der Waals surface area contributed by atoms with Gasteiger partial charge in [-0.1, -0.05) is 36.4 Å². The molecule has 8 nitrogen and oxygen atoms in total. The molecule has 4 aromatic rings. The van der Waals surface area contributed by atoms with Crippen molar-refractivity contribution in [2.24, 2.45) is 0 Å². The number of sulfone groups is 1. The number of rotatable bonds is 5. The quantitative estimate of drug-likeness (QED) is 0.380. The summed E-state index contributed by atoms with van der Waals surface area (Å²) in [5.41, 5.74) is 1.92. The van der Waals surface area contributed by atoms with Crippen LogP contribution in [-0.4, -0.2) is 30.3 Å². The molecular weight excluding hydrogens is 486 g/mol. The van der Waals surface area contributed by atoms with Crippen molar-refractivity contribution in [1.82, 2.24) is 10.3 Å². The van der Waals surface area contributed by atoms with Crippen LogP contribution in [0.4, 0.5) is 5.69 Å². The van der Waals surface area contributed by atoms with Crippen LogP contribution in [0.25, 0.3) is 10.6 Å². The molecular formula is C25H19N3O5S2. The van der Waals surface area contributed by atoms with Gasteiger partial charge in [0, 0.05) is 22.2 Å². The molecule has 0 spiro atoms. The summed E-state index contributed by atoms with van der Waals surface area (Å²) >= 11 is 1.40. The molecule has 10 heteroatoms. The molecule has 2 heterocycles. The Morgan fingerprint density at radius 1 is 1.00 bits per heavy atom. The number of nitrogens with one attached hydrogen (secondary N) is 2. The molecule has 1 aliphatic rings. The van der Waals surface area contributed by atoms with Crippen molar-refractivity contribution < 1.29 is 23.1 Å². The summed E-state index contributed by atoms with van der Waals surface area (Å²) in [4.78, 5) is 30.5. The van der Waals surface area contributed by atoms with Crippen LogP contribution < -0.4 is 10.6 Å². The van der Waals surface area contributed by atoms with Crippen LogP contribution in [0.15, 0.2) is 82.7 Å². The molecule has 1 aromatic heterocycles. The molecule has 0 fully saturated rings. The van der Waals surface area contributed by atoms with E-state index in [-0.39, 0.29) is 39.8 Å². The second-order valence-corrected chi connectivity index (χ2v) is 10.8. The fourth-order valence-corrected chi connectivity index (χ4v) is 6.35. The zero-order chi connectivity index (χ0) is 24.6. The highest BCUT2D eigenvalue weighted by Gasteiger charge is 2.31. The maximum absolute atomic E-state index is 13.1. The molecule has 0 radical (unpaired) electrons. The number of fused-ring (bicyclic) bond motifs is 2. The van der Waals surface area contributed by atoms with Gasteiger partial charge in [0.1, 0.15) is 5.01 Å². The zero-order valence-electron chi connectivity index (χ0n) is 18.2. The van der Waals surface area contributed by atoms with E-state index < -0.39 is 21.7 Å². The monoisotopic (exact) mass is 505 g/mol. The zero-order valence-corrected chi connectivity index (χ0v) is 19.8. The summed E-state index contributed by atoms with van der Waals surface area (Å²) < 4.78 is 26.2. The number of thiazole rings is 1. The van der Waals surface area contributed by atoms with E-state index in [0.717, 1.165) is 21.0 Å². The third-order valence-corrected chi connectivity index (χ3v) is 8.50. The third kappa shape index (κ3) is 4.23. The fourth-order valence-electron chi connectivity index (χ4n) is 3.85. The minimum atomic E-state index is -3.94. The number of carbonyl (C=O) groups excluding carboxylic acids is 2. The number of hydrogen-bond acceptors (Lipinski definition) is 7. The Bertz CT molecular complexity index is 1580. The molecule has 3 aromatic carbocycles. The highest BCUT2D eigenvalue weighted by Crippen LogP contribution is 2.34. The Balaban J connectivity index is 1.36. The van der Waals surface area contributed by atoms with Gasteiger partial charge in [0.2, 0.25) is 9.84 Å². The normalized spacial score (nSPS) is 13.8. The lowest BCUT2D eigenvalue weighted by molar-refractivity contribution is 0.0949. The van der Waals surface area contributed by atoms with Gasteiger partial charge < -0.3 is 15.7 Å². The van der Waals surface area contributed by atoms with Gasteiger partial charge in [-0.05, 0) is 35.9 Å². The summed E-state index contributed by atoms with van der Waals surface area (Å²) in [5, 5.41) is 15.7. The maximum Gasteiger partial charge on any atom is 0.257 e. The van der Waals surface area contributed by atoms with Gasteiger partial charge in [0.05, 0.1) is 34.2 Å². The van der Waals surface area contributed by atoms with E-state index >= 15 is 0 Å². The summed E-state index contributed by atoms with van der Waals surface area (Å²) in [6.07, 6.45) is 1.66. The minimum absolute atomic E-state index is 0.0541. The van der Waals surface area contributed by atoms with E-state index in [0.29, 0.717) is 0 Å². The van der Waals surface area contributed by atoms with Crippen molar-refractivity contribution in [3.63, 3.8) is 0 Å². The van der Waals surface area contributed by atoms with E-state index in [2.05, 4.69) is 15.6 Å². The highest BCUT2D eigenvalue weighted by molar-refractivity contribution is 7.91. The van der Waals surface area contributed by atoms with Crippen molar-refractivity contribution in [2.75, 3.05) is 5.32 Å². The minimum Gasteiger partial charge on any atom is -0.392 e. The Morgan fingerprint density at radius 3 is 2.54 bits per heavy atom. The van der Waals surface area contributed by atoms with Gasteiger partial charge in [0.15, 0.2) is 0 Å².